The summed E-state index contributed by atoms with van der Waals surface area (Å²) in [6, 6.07) is 19.6. The molecule has 27 heavy (non-hydrogen) atoms. The first-order valence-corrected chi connectivity index (χ1v) is 8.98. The molecule has 0 radical (unpaired) electrons. The van der Waals surface area contributed by atoms with Gasteiger partial charge in [0.2, 0.25) is 0 Å². The fourth-order valence-corrected chi connectivity index (χ4v) is 3.01. The summed E-state index contributed by atoms with van der Waals surface area (Å²) < 4.78 is 11.8. The van der Waals surface area contributed by atoms with Crippen LogP contribution in [0, 0.1) is 6.92 Å². The van der Waals surface area contributed by atoms with Crippen LogP contribution in [0.4, 0.5) is 5.82 Å². The zero-order chi connectivity index (χ0) is 18.6. The van der Waals surface area contributed by atoms with Crippen molar-refractivity contribution in [3.63, 3.8) is 0 Å². The van der Waals surface area contributed by atoms with Gasteiger partial charge in [0.25, 0.3) is 0 Å². The number of nitrogens with two attached hydrogens (primary N) is 1. The Kier molecular flexibility index (Phi) is 4.75. The number of benzene rings is 2. The molecule has 0 unspecified atom stereocenters. The Labute approximate surface area is 157 Å². The van der Waals surface area contributed by atoms with Crippen molar-refractivity contribution < 1.29 is 9.47 Å². The number of hydrogen-bond donors (Lipinski definition) is 1. The number of hydrogen-bond acceptors (Lipinski definition) is 5. The number of anilines is 1. The number of aromatic nitrogens is 2. The van der Waals surface area contributed by atoms with Gasteiger partial charge in [-0.2, -0.15) is 0 Å². The van der Waals surface area contributed by atoms with Gasteiger partial charge in [0.05, 0.1) is 13.2 Å². The summed E-state index contributed by atoms with van der Waals surface area (Å²) in [5.41, 5.74) is 8.45. The predicted octanol–water partition coefficient (Wildman–Crippen LogP) is 4.52. The summed E-state index contributed by atoms with van der Waals surface area (Å²) in [6.45, 7) is 3.07. The zero-order valence-electron chi connectivity index (χ0n) is 15.2. The second-order valence-corrected chi connectivity index (χ2v) is 6.39. The summed E-state index contributed by atoms with van der Waals surface area (Å²) in [7, 11) is 0. The van der Waals surface area contributed by atoms with Crippen LogP contribution in [-0.2, 0) is 0 Å². The van der Waals surface area contributed by atoms with E-state index in [1.54, 1.807) is 6.07 Å². The molecule has 4 aromatic rings. The Morgan fingerprint density at radius 3 is 2.00 bits per heavy atom. The van der Waals surface area contributed by atoms with E-state index in [1.165, 1.54) is 0 Å². The fourth-order valence-electron chi connectivity index (χ4n) is 3.01. The Balaban J connectivity index is 1.38. The zero-order valence-corrected chi connectivity index (χ0v) is 15.2. The predicted molar refractivity (Wildman–Crippen MR) is 108 cm³/mol. The van der Waals surface area contributed by atoms with Crippen LogP contribution in [0.2, 0.25) is 0 Å². The van der Waals surface area contributed by atoms with Gasteiger partial charge in [-0.25, -0.2) is 9.97 Å². The molecule has 2 aromatic carbocycles. The summed E-state index contributed by atoms with van der Waals surface area (Å²) >= 11 is 0. The molecule has 0 spiro atoms. The van der Waals surface area contributed by atoms with Crippen LogP contribution in [0.25, 0.3) is 21.8 Å². The minimum Gasteiger partial charge on any atom is -0.491 e. The number of rotatable bonds is 6. The van der Waals surface area contributed by atoms with Gasteiger partial charge < -0.3 is 15.2 Å². The average Bonchev–Trinajstić information content (AvgIpc) is 2.68. The van der Waals surface area contributed by atoms with Crippen molar-refractivity contribution in [1.29, 1.82) is 0 Å². The Bertz CT molecular complexity index is 1010. The Morgan fingerprint density at radius 2 is 1.33 bits per heavy atom. The number of para-hydroxylation sites is 2. The van der Waals surface area contributed by atoms with Gasteiger partial charge in [0.1, 0.15) is 28.4 Å². The third kappa shape index (κ3) is 3.77. The molecule has 136 valence electrons. The highest BCUT2D eigenvalue weighted by Crippen LogP contribution is 2.25. The highest BCUT2D eigenvalue weighted by molar-refractivity contribution is 5.86. The van der Waals surface area contributed by atoms with E-state index in [0.29, 0.717) is 19.0 Å². The third-order valence-corrected chi connectivity index (χ3v) is 4.33. The molecule has 0 amide bonds. The standard InChI is InChI=1S/C22H21N3O2/c1-15-9-10-16-5-2-7-18(21(16)24-15)26-13-4-14-27-19-8-3-6-17-11-12-20(23)25-22(17)19/h2-3,5-12H,4,13-14H2,1H3,(H2,23,25). The summed E-state index contributed by atoms with van der Waals surface area (Å²) in [5, 5.41) is 2.09. The fraction of sp³-hybridized carbons (Fsp3) is 0.182. The molecule has 2 aromatic heterocycles. The molecule has 0 bridgehead atoms. The highest BCUT2D eigenvalue weighted by Gasteiger charge is 2.06. The number of nitrogens with zero attached hydrogens (tertiary/aromatic N) is 2. The first-order valence-electron chi connectivity index (χ1n) is 8.98. The minimum atomic E-state index is 0.487. The molecule has 0 aliphatic carbocycles. The van der Waals surface area contributed by atoms with Crippen LogP contribution in [0.3, 0.4) is 0 Å². The number of nitrogen functional groups attached to an aromatic ring is 1. The van der Waals surface area contributed by atoms with Gasteiger partial charge in [0.15, 0.2) is 0 Å². The van der Waals surface area contributed by atoms with Crippen molar-refractivity contribution in [3.05, 3.63) is 66.4 Å². The van der Waals surface area contributed by atoms with Crippen molar-refractivity contribution in [2.45, 2.75) is 13.3 Å². The van der Waals surface area contributed by atoms with Gasteiger partial charge in [-0.15, -0.1) is 0 Å². The molecule has 0 aliphatic heterocycles. The lowest BCUT2D eigenvalue weighted by molar-refractivity contribution is 0.250. The number of ether oxygens (including phenoxy) is 2. The number of aryl methyl sites for hydroxylation is 1. The van der Waals surface area contributed by atoms with E-state index in [-0.39, 0.29) is 0 Å². The van der Waals surface area contributed by atoms with Crippen molar-refractivity contribution in [3.8, 4) is 11.5 Å². The minimum absolute atomic E-state index is 0.487. The molecule has 2 N–H and O–H groups in total. The first-order chi connectivity index (χ1) is 13.2. The maximum absolute atomic E-state index is 5.94. The molecule has 2 heterocycles. The molecule has 0 fully saturated rings. The third-order valence-electron chi connectivity index (χ3n) is 4.33. The normalized spacial score (nSPS) is 11.0. The van der Waals surface area contributed by atoms with Crippen LogP contribution < -0.4 is 15.2 Å². The quantitative estimate of drug-likeness (QED) is 0.513. The lowest BCUT2D eigenvalue weighted by Gasteiger charge is -2.11. The molecule has 0 aliphatic rings. The van der Waals surface area contributed by atoms with E-state index in [4.69, 9.17) is 15.2 Å². The molecule has 0 atom stereocenters. The Morgan fingerprint density at radius 1 is 0.741 bits per heavy atom. The highest BCUT2D eigenvalue weighted by atomic mass is 16.5. The molecule has 5 nitrogen and oxygen atoms in total. The Hall–Kier alpha value is -3.34. The topological polar surface area (TPSA) is 70.3 Å². The van der Waals surface area contributed by atoms with E-state index in [0.717, 1.165) is 45.4 Å². The summed E-state index contributed by atoms with van der Waals surface area (Å²) in [4.78, 5) is 8.97. The molecule has 0 saturated heterocycles. The second kappa shape index (κ2) is 7.50. The SMILES string of the molecule is Cc1ccc2cccc(OCCCOc3cccc4ccc(N)nc34)c2n1. The largest absolute Gasteiger partial charge is 0.491 e. The van der Waals surface area contributed by atoms with Crippen molar-refractivity contribution in [2.75, 3.05) is 18.9 Å². The molecule has 0 saturated carbocycles. The molecule has 4 rings (SSSR count). The number of pyridine rings is 2. The molecular weight excluding hydrogens is 338 g/mol. The van der Waals surface area contributed by atoms with Crippen LogP contribution in [0.15, 0.2) is 60.7 Å². The van der Waals surface area contributed by atoms with Crippen LogP contribution in [0.5, 0.6) is 11.5 Å². The van der Waals surface area contributed by atoms with Crippen LogP contribution in [0.1, 0.15) is 12.1 Å². The van der Waals surface area contributed by atoms with Gasteiger partial charge in [0, 0.05) is 22.9 Å². The average molecular weight is 359 g/mol. The van der Waals surface area contributed by atoms with Gasteiger partial charge in [-0.05, 0) is 37.3 Å². The van der Waals surface area contributed by atoms with E-state index >= 15 is 0 Å². The molecule has 5 heteroatoms. The van der Waals surface area contributed by atoms with E-state index in [1.807, 2.05) is 55.5 Å². The van der Waals surface area contributed by atoms with Gasteiger partial charge in [-0.1, -0.05) is 30.3 Å². The monoisotopic (exact) mass is 359 g/mol. The van der Waals surface area contributed by atoms with Crippen molar-refractivity contribution >= 4 is 27.6 Å². The van der Waals surface area contributed by atoms with E-state index < -0.39 is 0 Å². The number of fused-ring (bicyclic) bond motifs is 2. The van der Waals surface area contributed by atoms with E-state index in [2.05, 4.69) is 16.0 Å². The molecular formula is C22H21N3O2. The smallest absolute Gasteiger partial charge is 0.145 e. The van der Waals surface area contributed by atoms with Gasteiger partial charge >= 0.3 is 0 Å². The van der Waals surface area contributed by atoms with Crippen LogP contribution in [-0.4, -0.2) is 23.2 Å². The van der Waals surface area contributed by atoms with Crippen molar-refractivity contribution in [2.24, 2.45) is 0 Å². The second-order valence-electron chi connectivity index (χ2n) is 6.39. The summed E-state index contributed by atoms with van der Waals surface area (Å²) in [6.07, 6.45) is 0.751. The maximum atomic E-state index is 5.94. The lowest BCUT2D eigenvalue weighted by Crippen LogP contribution is -2.06. The van der Waals surface area contributed by atoms with E-state index in [9.17, 15) is 0 Å². The first kappa shape index (κ1) is 17.1. The van der Waals surface area contributed by atoms with Gasteiger partial charge in [-0.3, -0.25) is 0 Å². The van der Waals surface area contributed by atoms with Crippen LogP contribution >= 0.6 is 0 Å². The summed E-state index contributed by atoms with van der Waals surface area (Å²) in [5.74, 6) is 2.03. The maximum Gasteiger partial charge on any atom is 0.145 e. The lowest BCUT2D eigenvalue weighted by atomic mass is 10.2. The van der Waals surface area contributed by atoms with Crippen molar-refractivity contribution in [1.82, 2.24) is 9.97 Å².